The van der Waals surface area contributed by atoms with Gasteiger partial charge in [0.05, 0.1) is 5.41 Å². The van der Waals surface area contributed by atoms with Crippen LogP contribution in [-0.4, -0.2) is 42.9 Å². The molecule has 120 valence electrons. The first-order valence-electron chi connectivity index (χ1n) is 6.93. The molecule has 1 aromatic rings. The van der Waals surface area contributed by atoms with Crippen molar-refractivity contribution in [3.63, 3.8) is 0 Å². The average Bonchev–Trinajstić information content (AvgIpc) is 2.52. The fourth-order valence-electron chi connectivity index (χ4n) is 2.62. The van der Waals surface area contributed by atoms with Gasteiger partial charge < -0.3 is 15.2 Å². The topological polar surface area (TPSA) is 75.6 Å². The minimum absolute atomic E-state index is 0.368. The Kier molecular flexibility index (Phi) is 5.37. The maximum Gasteiger partial charge on any atom is 0.328 e. The first-order valence-corrected chi connectivity index (χ1v) is 7.31. The number of nitrogens with one attached hydrogen (secondary N) is 1. The normalized spacial score (nSPS) is 18.5. The lowest BCUT2D eigenvalue weighted by atomic mass is 9.73. The van der Waals surface area contributed by atoms with Crippen molar-refractivity contribution in [1.29, 1.82) is 0 Å². The van der Waals surface area contributed by atoms with Crippen molar-refractivity contribution in [2.45, 2.75) is 24.3 Å². The number of carboxylic acid groups (broad SMARTS) is 1. The second-order valence-corrected chi connectivity index (χ2v) is 5.66. The van der Waals surface area contributed by atoms with E-state index in [0.717, 1.165) is 0 Å². The van der Waals surface area contributed by atoms with Crippen LogP contribution in [0.3, 0.4) is 0 Å². The summed E-state index contributed by atoms with van der Waals surface area (Å²) in [5.41, 5.74) is -0.268. The number of rotatable bonds is 5. The molecule has 1 unspecified atom stereocenters. The van der Waals surface area contributed by atoms with E-state index in [2.05, 4.69) is 5.32 Å². The number of carbonyl (C=O) groups is 2. The number of hydrogen-bond acceptors (Lipinski definition) is 3. The molecule has 1 heterocycles. The Labute approximate surface area is 132 Å². The van der Waals surface area contributed by atoms with Crippen LogP contribution in [0.5, 0.6) is 0 Å². The van der Waals surface area contributed by atoms with E-state index in [0.29, 0.717) is 36.6 Å². The Bertz CT molecular complexity index is 560. The Balaban J connectivity index is 2.33. The third-order valence-corrected chi connectivity index (χ3v) is 4.15. The summed E-state index contributed by atoms with van der Waals surface area (Å²) in [6.07, 6.45) is 0.773. The Hall–Kier alpha value is -1.66. The summed E-state index contributed by atoms with van der Waals surface area (Å²) in [5.74, 6) is -1.91. The number of aliphatic carboxylic acids is 1. The van der Waals surface area contributed by atoms with Gasteiger partial charge in [-0.1, -0.05) is 23.7 Å². The van der Waals surface area contributed by atoms with Crippen molar-refractivity contribution < 1.29 is 23.8 Å². The summed E-state index contributed by atoms with van der Waals surface area (Å²) in [6.45, 7) is -0.427. The molecule has 5 nitrogen and oxygen atoms in total. The van der Waals surface area contributed by atoms with Gasteiger partial charge in [-0.2, -0.15) is 0 Å². The number of hydrogen-bond donors (Lipinski definition) is 2. The van der Waals surface area contributed by atoms with Gasteiger partial charge in [0.1, 0.15) is 6.67 Å². The van der Waals surface area contributed by atoms with Crippen LogP contribution in [0.1, 0.15) is 18.4 Å². The van der Waals surface area contributed by atoms with Gasteiger partial charge in [0.2, 0.25) is 5.91 Å². The lowest BCUT2D eigenvalue weighted by Crippen LogP contribution is -2.53. The number of amides is 1. The van der Waals surface area contributed by atoms with Gasteiger partial charge in [0, 0.05) is 18.2 Å². The molecule has 2 N–H and O–H groups in total. The Morgan fingerprint density at radius 1 is 1.41 bits per heavy atom. The maximum atomic E-state index is 12.8. The Morgan fingerprint density at radius 2 is 2.09 bits per heavy atom. The highest BCUT2D eigenvalue weighted by Crippen LogP contribution is 2.36. The van der Waals surface area contributed by atoms with E-state index in [-0.39, 0.29) is 0 Å². The highest BCUT2D eigenvalue weighted by atomic mass is 35.5. The van der Waals surface area contributed by atoms with Crippen molar-refractivity contribution in [2.24, 2.45) is 0 Å². The first kappa shape index (κ1) is 16.7. The number of alkyl halides is 1. The SMILES string of the molecule is O=C(O)C(CF)NC(=O)C1(c2cccc(Cl)c2)CCOCC1. The molecule has 1 fully saturated rings. The van der Waals surface area contributed by atoms with E-state index in [1.807, 2.05) is 0 Å². The van der Waals surface area contributed by atoms with Crippen LogP contribution < -0.4 is 5.32 Å². The maximum absolute atomic E-state index is 12.8. The molecular weight excluding hydrogens is 313 g/mol. The van der Waals surface area contributed by atoms with E-state index in [1.165, 1.54) is 0 Å². The van der Waals surface area contributed by atoms with Crippen molar-refractivity contribution in [1.82, 2.24) is 5.32 Å². The minimum atomic E-state index is -1.55. The standard InChI is InChI=1S/C15H17ClFNO4/c16-11-3-1-2-10(8-11)15(4-6-22-7-5-15)14(21)18-12(9-17)13(19)20/h1-3,8,12H,4-7,9H2,(H,18,21)(H,19,20). The number of carbonyl (C=O) groups excluding carboxylic acids is 1. The number of halogens is 2. The molecule has 0 spiro atoms. The molecule has 1 aromatic carbocycles. The highest BCUT2D eigenvalue weighted by molar-refractivity contribution is 6.30. The van der Waals surface area contributed by atoms with Crippen LogP contribution in [0, 0.1) is 0 Å². The van der Waals surface area contributed by atoms with E-state index >= 15 is 0 Å². The third kappa shape index (κ3) is 3.39. The first-order chi connectivity index (χ1) is 10.5. The zero-order valence-corrected chi connectivity index (χ0v) is 12.6. The monoisotopic (exact) mass is 329 g/mol. The Morgan fingerprint density at radius 3 is 2.64 bits per heavy atom. The fraction of sp³-hybridized carbons (Fsp3) is 0.467. The molecule has 0 bridgehead atoms. The predicted octanol–water partition coefficient (Wildman–Crippen LogP) is 1.93. The van der Waals surface area contributed by atoms with Crippen LogP contribution >= 0.6 is 11.6 Å². The molecule has 1 atom stereocenters. The largest absolute Gasteiger partial charge is 0.480 e. The van der Waals surface area contributed by atoms with Crippen molar-refractivity contribution in [2.75, 3.05) is 19.9 Å². The molecule has 0 aromatic heterocycles. The summed E-state index contributed by atoms with van der Waals surface area (Å²) in [6, 6.07) is 5.31. The molecule has 1 saturated heterocycles. The number of carboxylic acids is 1. The summed E-state index contributed by atoms with van der Waals surface area (Å²) >= 11 is 6.00. The van der Waals surface area contributed by atoms with Gasteiger partial charge in [-0.3, -0.25) is 4.79 Å². The van der Waals surface area contributed by atoms with Crippen LogP contribution in [-0.2, 0) is 19.7 Å². The third-order valence-electron chi connectivity index (χ3n) is 3.92. The van der Waals surface area contributed by atoms with Gasteiger partial charge in [-0.05, 0) is 30.5 Å². The molecule has 0 aliphatic carbocycles. The van der Waals surface area contributed by atoms with Crippen molar-refractivity contribution in [3.8, 4) is 0 Å². The molecular formula is C15H17ClFNO4. The quantitative estimate of drug-likeness (QED) is 0.865. The number of benzene rings is 1. The van der Waals surface area contributed by atoms with Gasteiger partial charge in [-0.25, -0.2) is 9.18 Å². The van der Waals surface area contributed by atoms with Gasteiger partial charge in [0.15, 0.2) is 6.04 Å². The highest BCUT2D eigenvalue weighted by Gasteiger charge is 2.43. The van der Waals surface area contributed by atoms with Crippen LogP contribution in [0.25, 0.3) is 0 Å². The summed E-state index contributed by atoms with van der Waals surface area (Å²) in [7, 11) is 0. The zero-order chi connectivity index (χ0) is 16.2. The second-order valence-electron chi connectivity index (χ2n) is 5.22. The summed E-state index contributed by atoms with van der Waals surface area (Å²) in [4.78, 5) is 23.6. The molecule has 7 heteroatoms. The summed E-state index contributed by atoms with van der Waals surface area (Å²) < 4.78 is 18.1. The lowest BCUT2D eigenvalue weighted by molar-refractivity contribution is -0.144. The fourth-order valence-corrected chi connectivity index (χ4v) is 2.81. The van der Waals surface area contributed by atoms with Crippen LogP contribution in [0.2, 0.25) is 5.02 Å². The summed E-state index contributed by atoms with van der Waals surface area (Å²) in [5, 5.41) is 11.7. The number of ether oxygens (including phenoxy) is 1. The van der Waals surface area contributed by atoms with E-state index in [1.54, 1.807) is 24.3 Å². The second kappa shape index (κ2) is 7.07. The molecule has 1 aliphatic heterocycles. The van der Waals surface area contributed by atoms with Crippen molar-refractivity contribution >= 4 is 23.5 Å². The van der Waals surface area contributed by atoms with Gasteiger partial charge in [-0.15, -0.1) is 0 Å². The van der Waals surface area contributed by atoms with E-state index in [4.69, 9.17) is 21.4 Å². The van der Waals surface area contributed by atoms with E-state index < -0.39 is 30.0 Å². The molecule has 22 heavy (non-hydrogen) atoms. The van der Waals surface area contributed by atoms with Gasteiger partial charge in [0.25, 0.3) is 0 Å². The molecule has 2 rings (SSSR count). The smallest absolute Gasteiger partial charge is 0.328 e. The minimum Gasteiger partial charge on any atom is -0.480 e. The lowest BCUT2D eigenvalue weighted by Gasteiger charge is -2.37. The predicted molar refractivity (Wildman–Crippen MR) is 78.7 cm³/mol. The zero-order valence-electron chi connectivity index (χ0n) is 11.9. The molecule has 0 saturated carbocycles. The molecule has 1 amide bonds. The van der Waals surface area contributed by atoms with E-state index in [9.17, 15) is 14.0 Å². The molecule has 0 radical (unpaired) electrons. The van der Waals surface area contributed by atoms with Crippen LogP contribution in [0.4, 0.5) is 4.39 Å². The van der Waals surface area contributed by atoms with Crippen LogP contribution in [0.15, 0.2) is 24.3 Å². The van der Waals surface area contributed by atoms with Gasteiger partial charge >= 0.3 is 5.97 Å². The molecule has 1 aliphatic rings. The van der Waals surface area contributed by atoms with Crippen molar-refractivity contribution in [3.05, 3.63) is 34.9 Å². The average molecular weight is 330 g/mol.